The molecule has 0 aliphatic carbocycles. The number of amides is 2. The van der Waals surface area contributed by atoms with Crippen molar-refractivity contribution in [3.63, 3.8) is 0 Å². The maximum Gasteiger partial charge on any atom is 0.254 e. The van der Waals surface area contributed by atoms with Crippen molar-refractivity contribution in [2.75, 3.05) is 50.5 Å². The van der Waals surface area contributed by atoms with Crippen LogP contribution < -0.4 is 14.4 Å². The van der Waals surface area contributed by atoms with E-state index >= 15 is 0 Å². The molecule has 1 saturated heterocycles. The first-order chi connectivity index (χ1) is 16.2. The smallest absolute Gasteiger partial charge is 0.254 e. The molecule has 2 aromatic carbocycles. The van der Waals surface area contributed by atoms with Crippen LogP contribution in [0.25, 0.3) is 0 Å². The van der Waals surface area contributed by atoms with E-state index < -0.39 is 15.9 Å². The first kappa shape index (κ1) is 25.5. The van der Waals surface area contributed by atoms with Gasteiger partial charge in [0.1, 0.15) is 12.3 Å². The average Bonchev–Trinajstić information content (AvgIpc) is 2.85. The number of carbonyl (C=O) groups excluding carboxylic acids is 2. The largest absolute Gasteiger partial charge is 0.497 e. The number of anilines is 1. The summed E-state index contributed by atoms with van der Waals surface area (Å²) in [5.41, 5.74) is 1.66. The van der Waals surface area contributed by atoms with Crippen molar-refractivity contribution in [2.45, 2.75) is 19.4 Å². The van der Waals surface area contributed by atoms with Crippen molar-refractivity contribution in [3.8, 4) is 5.75 Å². The highest BCUT2D eigenvalue weighted by atomic mass is 32.2. The van der Waals surface area contributed by atoms with E-state index in [1.807, 2.05) is 31.2 Å². The molecule has 0 aromatic heterocycles. The third kappa shape index (κ3) is 6.48. The lowest BCUT2D eigenvalue weighted by atomic mass is 10.0. The van der Waals surface area contributed by atoms with Crippen LogP contribution in [0.4, 0.5) is 5.69 Å². The molecule has 0 radical (unpaired) electrons. The maximum absolute atomic E-state index is 12.8. The summed E-state index contributed by atoms with van der Waals surface area (Å²) in [7, 11) is -2.16. The summed E-state index contributed by atoms with van der Waals surface area (Å²) in [5.74, 6) is 0.147. The number of benzene rings is 2. The van der Waals surface area contributed by atoms with E-state index in [1.165, 1.54) is 0 Å². The zero-order valence-electron chi connectivity index (χ0n) is 19.7. The molecule has 2 amide bonds. The Kier molecular flexibility index (Phi) is 8.51. The van der Waals surface area contributed by atoms with Crippen molar-refractivity contribution in [2.24, 2.45) is 0 Å². The van der Waals surface area contributed by atoms with Gasteiger partial charge in [0.15, 0.2) is 0 Å². The predicted molar refractivity (Wildman–Crippen MR) is 130 cm³/mol. The van der Waals surface area contributed by atoms with Crippen LogP contribution in [0, 0.1) is 0 Å². The van der Waals surface area contributed by atoms with Gasteiger partial charge in [-0.25, -0.2) is 8.42 Å². The zero-order chi connectivity index (χ0) is 24.7. The molecular formula is C24H31N3O6S. The van der Waals surface area contributed by atoms with Gasteiger partial charge < -0.3 is 19.7 Å². The maximum atomic E-state index is 12.8. The number of sulfonamides is 1. The summed E-state index contributed by atoms with van der Waals surface area (Å²) in [6.45, 7) is 3.59. The molecule has 1 aliphatic heterocycles. The highest BCUT2D eigenvalue weighted by Crippen LogP contribution is 2.22. The molecule has 0 bridgehead atoms. The molecule has 10 heteroatoms. The van der Waals surface area contributed by atoms with Crippen molar-refractivity contribution >= 4 is 27.5 Å². The highest BCUT2D eigenvalue weighted by molar-refractivity contribution is 7.92. The lowest BCUT2D eigenvalue weighted by molar-refractivity contribution is -0.120. The summed E-state index contributed by atoms with van der Waals surface area (Å²) >= 11 is 0. The van der Waals surface area contributed by atoms with Gasteiger partial charge in [-0.2, -0.15) is 0 Å². The minimum Gasteiger partial charge on any atom is -0.497 e. The second kappa shape index (κ2) is 11.3. The normalized spacial score (nSPS) is 14.9. The first-order valence-electron chi connectivity index (χ1n) is 11.1. The van der Waals surface area contributed by atoms with Crippen molar-refractivity contribution in [1.82, 2.24) is 10.2 Å². The summed E-state index contributed by atoms with van der Waals surface area (Å²) in [5, 5.41) is 2.91. The Balaban J connectivity index is 1.71. The van der Waals surface area contributed by atoms with Gasteiger partial charge in [-0.1, -0.05) is 19.1 Å². The number of hydrogen-bond donors (Lipinski definition) is 1. The SMILES string of the molecule is CCC(NC(=O)CN(c1ccc(C(=O)N2CCOCC2)cc1)S(C)(=O)=O)c1ccc(OC)cc1. The zero-order valence-corrected chi connectivity index (χ0v) is 20.5. The fourth-order valence-electron chi connectivity index (χ4n) is 3.75. The molecule has 1 N–H and O–H groups in total. The van der Waals surface area contributed by atoms with Crippen LogP contribution in [0.3, 0.4) is 0 Å². The Morgan fingerprint density at radius 2 is 1.71 bits per heavy atom. The Hall–Kier alpha value is -3.11. The van der Waals surface area contributed by atoms with Crippen LogP contribution in [0.5, 0.6) is 5.75 Å². The van der Waals surface area contributed by atoms with Gasteiger partial charge in [0.05, 0.1) is 38.3 Å². The molecule has 1 aliphatic rings. The summed E-state index contributed by atoms with van der Waals surface area (Å²) < 4.78 is 36.4. The molecule has 1 unspecified atom stereocenters. The van der Waals surface area contributed by atoms with E-state index in [2.05, 4.69) is 5.32 Å². The lowest BCUT2D eigenvalue weighted by Gasteiger charge is -2.27. The van der Waals surface area contributed by atoms with Crippen LogP contribution in [0.2, 0.25) is 0 Å². The van der Waals surface area contributed by atoms with E-state index in [0.717, 1.165) is 16.1 Å². The van der Waals surface area contributed by atoms with E-state index in [9.17, 15) is 18.0 Å². The Labute approximate surface area is 200 Å². The number of hydrogen-bond acceptors (Lipinski definition) is 6. The molecule has 9 nitrogen and oxygen atoms in total. The van der Waals surface area contributed by atoms with Gasteiger partial charge in [-0.05, 0) is 48.4 Å². The molecule has 0 spiro atoms. The van der Waals surface area contributed by atoms with Gasteiger partial charge >= 0.3 is 0 Å². The number of morpholine rings is 1. The third-order valence-corrected chi connectivity index (χ3v) is 6.79. The second-order valence-corrected chi connectivity index (χ2v) is 9.93. The first-order valence-corrected chi connectivity index (χ1v) is 13.0. The molecule has 3 rings (SSSR count). The predicted octanol–water partition coefficient (Wildman–Crippen LogP) is 2.20. The van der Waals surface area contributed by atoms with Crippen LogP contribution in [-0.4, -0.2) is 71.3 Å². The second-order valence-electron chi connectivity index (χ2n) is 8.02. The number of methoxy groups -OCH3 is 1. The molecule has 34 heavy (non-hydrogen) atoms. The molecule has 1 fully saturated rings. The fourth-order valence-corrected chi connectivity index (χ4v) is 4.60. The number of ether oxygens (including phenoxy) is 2. The summed E-state index contributed by atoms with van der Waals surface area (Å²) in [6, 6.07) is 13.3. The molecule has 184 valence electrons. The fraction of sp³-hybridized carbons (Fsp3) is 0.417. The van der Waals surface area contributed by atoms with Crippen molar-refractivity contribution < 1.29 is 27.5 Å². The molecule has 0 saturated carbocycles. The summed E-state index contributed by atoms with van der Waals surface area (Å²) in [4.78, 5) is 27.2. The monoisotopic (exact) mass is 489 g/mol. The number of nitrogens with zero attached hydrogens (tertiary/aromatic N) is 2. The van der Waals surface area contributed by atoms with Crippen LogP contribution in [-0.2, 0) is 19.6 Å². The minimum atomic E-state index is -3.74. The molecule has 1 heterocycles. The lowest BCUT2D eigenvalue weighted by Crippen LogP contribution is -2.41. The molecule has 1 atom stereocenters. The van der Waals surface area contributed by atoms with Crippen LogP contribution in [0.1, 0.15) is 35.3 Å². The topological polar surface area (TPSA) is 105 Å². The molecular weight excluding hydrogens is 458 g/mol. The van der Waals surface area contributed by atoms with E-state index in [1.54, 1.807) is 36.3 Å². The Morgan fingerprint density at radius 3 is 2.24 bits per heavy atom. The van der Waals surface area contributed by atoms with Gasteiger partial charge in [-0.15, -0.1) is 0 Å². The minimum absolute atomic E-state index is 0.135. The van der Waals surface area contributed by atoms with Gasteiger partial charge in [0.2, 0.25) is 15.9 Å². The van der Waals surface area contributed by atoms with Gasteiger partial charge in [-0.3, -0.25) is 13.9 Å². The third-order valence-electron chi connectivity index (χ3n) is 5.65. The number of nitrogens with one attached hydrogen (secondary N) is 1. The van der Waals surface area contributed by atoms with E-state index in [-0.39, 0.29) is 18.5 Å². The van der Waals surface area contributed by atoms with Crippen LogP contribution >= 0.6 is 0 Å². The van der Waals surface area contributed by atoms with Gasteiger partial charge in [0.25, 0.3) is 5.91 Å². The van der Waals surface area contributed by atoms with Crippen molar-refractivity contribution in [3.05, 3.63) is 59.7 Å². The quantitative estimate of drug-likeness (QED) is 0.579. The Bertz CT molecular complexity index is 1080. The average molecular weight is 490 g/mol. The highest BCUT2D eigenvalue weighted by Gasteiger charge is 2.24. The standard InChI is InChI=1S/C24H31N3O6S/c1-4-22(18-7-11-21(32-2)12-8-18)25-23(28)17-27(34(3,30)31)20-9-5-19(6-10-20)24(29)26-13-15-33-16-14-26/h5-12,22H,4,13-17H2,1-3H3,(H,25,28). The Morgan fingerprint density at radius 1 is 1.09 bits per heavy atom. The van der Waals surface area contributed by atoms with E-state index in [0.29, 0.717) is 49.7 Å². The van der Waals surface area contributed by atoms with Crippen molar-refractivity contribution in [1.29, 1.82) is 0 Å². The van der Waals surface area contributed by atoms with E-state index in [4.69, 9.17) is 9.47 Å². The van der Waals surface area contributed by atoms with Crippen LogP contribution in [0.15, 0.2) is 48.5 Å². The summed E-state index contributed by atoms with van der Waals surface area (Å²) in [6.07, 6.45) is 1.68. The van der Waals surface area contributed by atoms with Gasteiger partial charge in [0, 0.05) is 18.7 Å². The number of carbonyl (C=O) groups is 2. The number of rotatable bonds is 9. The molecule has 2 aromatic rings.